The Balaban J connectivity index is 1.52. The van der Waals surface area contributed by atoms with E-state index in [2.05, 4.69) is 15.0 Å². The molecule has 24 heavy (non-hydrogen) atoms. The molecule has 1 amide bonds. The van der Waals surface area contributed by atoms with E-state index in [1.807, 2.05) is 12.1 Å². The predicted molar refractivity (Wildman–Crippen MR) is 85.5 cm³/mol. The van der Waals surface area contributed by atoms with Crippen molar-refractivity contribution in [1.82, 2.24) is 15.0 Å². The lowest BCUT2D eigenvalue weighted by Crippen LogP contribution is -2.35. The van der Waals surface area contributed by atoms with E-state index in [9.17, 15) is 9.18 Å². The van der Waals surface area contributed by atoms with Gasteiger partial charge in [-0.2, -0.15) is 4.98 Å². The Hall–Kier alpha value is -2.28. The van der Waals surface area contributed by atoms with E-state index in [-0.39, 0.29) is 11.6 Å². The molecule has 2 N–H and O–H groups in total. The topological polar surface area (TPSA) is 85.2 Å². The molecule has 1 atom stereocenters. The minimum Gasteiger partial charge on any atom is -0.363 e. The van der Waals surface area contributed by atoms with E-state index in [1.165, 1.54) is 6.07 Å². The minimum atomic E-state index is -0.689. The van der Waals surface area contributed by atoms with Gasteiger partial charge in [-0.25, -0.2) is 4.39 Å². The van der Waals surface area contributed by atoms with E-state index in [0.717, 1.165) is 44.3 Å². The molecule has 0 spiro atoms. The Morgan fingerprint density at radius 2 is 2.25 bits per heavy atom. The second kappa shape index (κ2) is 7.53. The zero-order valence-corrected chi connectivity index (χ0v) is 13.4. The fourth-order valence-corrected chi connectivity index (χ4v) is 3.20. The van der Waals surface area contributed by atoms with Gasteiger partial charge in [-0.1, -0.05) is 23.4 Å². The van der Waals surface area contributed by atoms with Crippen molar-refractivity contribution < 1.29 is 13.7 Å². The second-order valence-corrected chi connectivity index (χ2v) is 6.25. The van der Waals surface area contributed by atoms with Crippen LogP contribution in [-0.4, -0.2) is 34.0 Å². The van der Waals surface area contributed by atoms with Crippen LogP contribution >= 0.6 is 0 Å². The first-order valence-corrected chi connectivity index (χ1v) is 8.20. The quantitative estimate of drug-likeness (QED) is 0.876. The highest BCUT2D eigenvalue weighted by Gasteiger charge is 2.22. The maximum Gasteiger partial charge on any atom is 0.290 e. The first-order chi connectivity index (χ1) is 11.6. The Labute approximate surface area is 139 Å². The molecule has 6 nitrogen and oxygen atoms in total. The lowest BCUT2D eigenvalue weighted by molar-refractivity contribution is 0.0987. The van der Waals surface area contributed by atoms with Crippen LogP contribution in [0.3, 0.4) is 0 Å². The van der Waals surface area contributed by atoms with Crippen LogP contribution in [-0.2, 0) is 13.0 Å². The number of aromatic nitrogens is 2. The summed E-state index contributed by atoms with van der Waals surface area (Å²) in [5, 5.41) is 3.56. The van der Waals surface area contributed by atoms with E-state index in [1.54, 1.807) is 6.07 Å². The monoisotopic (exact) mass is 332 g/mol. The minimum absolute atomic E-state index is 0.0851. The maximum atomic E-state index is 13.7. The molecular weight excluding hydrogens is 311 g/mol. The van der Waals surface area contributed by atoms with Crippen molar-refractivity contribution in [3.05, 3.63) is 47.4 Å². The lowest BCUT2D eigenvalue weighted by Gasteiger charge is -2.31. The van der Waals surface area contributed by atoms with Gasteiger partial charge in [0.25, 0.3) is 11.7 Å². The number of hydrogen-bond donors (Lipinski definition) is 1. The highest BCUT2D eigenvalue weighted by atomic mass is 19.1. The highest BCUT2D eigenvalue weighted by molar-refractivity contribution is 5.88. The SMILES string of the molecule is NC(=O)c1noc(CN2CCC[C@H](CCc3ccccc3F)C2)n1. The number of carbonyl (C=O) groups is 1. The Kier molecular flexibility index (Phi) is 5.20. The number of primary amides is 1. The van der Waals surface area contributed by atoms with Crippen LogP contribution in [0.4, 0.5) is 4.39 Å². The molecule has 2 aromatic rings. The van der Waals surface area contributed by atoms with Crippen molar-refractivity contribution in [2.45, 2.75) is 32.2 Å². The van der Waals surface area contributed by atoms with Crippen molar-refractivity contribution in [2.24, 2.45) is 11.7 Å². The number of nitrogens with two attached hydrogens (primary N) is 1. The first-order valence-electron chi connectivity index (χ1n) is 8.20. The van der Waals surface area contributed by atoms with E-state index >= 15 is 0 Å². The fourth-order valence-electron chi connectivity index (χ4n) is 3.20. The van der Waals surface area contributed by atoms with E-state index in [4.69, 9.17) is 10.3 Å². The smallest absolute Gasteiger partial charge is 0.290 e. The molecule has 1 saturated heterocycles. The third-order valence-electron chi connectivity index (χ3n) is 4.43. The van der Waals surface area contributed by atoms with Gasteiger partial charge in [0.1, 0.15) is 5.82 Å². The third-order valence-corrected chi connectivity index (χ3v) is 4.43. The van der Waals surface area contributed by atoms with Crippen molar-refractivity contribution in [2.75, 3.05) is 13.1 Å². The summed E-state index contributed by atoms with van der Waals surface area (Å²) in [5.74, 6) is 0.00923. The summed E-state index contributed by atoms with van der Waals surface area (Å²) in [6.07, 6.45) is 3.92. The molecular formula is C17H21FN4O2. The molecule has 0 radical (unpaired) electrons. The number of hydrogen-bond acceptors (Lipinski definition) is 5. The van der Waals surface area contributed by atoms with Crippen LogP contribution in [0.1, 0.15) is 41.3 Å². The van der Waals surface area contributed by atoms with Crippen molar-refractivity contribution in [3.8, 4) is 0 Å². The number of piperidine rings is 1. The number of rotatable bonds is 6. The van der Waals surface area contributed by atoms with Crippen LogP contribution < -0.4 is 5.73 Å². The molecule has 1 aliphatic heterocycles. The summed E-state index contributed by atoms with van der Waals surface area (Å²) in [4.78, 5) is 17.2. The van der Waals surface area contributed by atoms with Crippen molar-refractivity contribution in [1.29, 1.82) is 0 Å². The molecule has 0 bridgehead atoms. The zero-order valence-electron chi connectivity index (χ0n) is 13.4. The Morgan fingerprint density at radius 3 is 3.00 bits per heavy atom. The van der Waals surface area contributed by atoms with Gasteiger partial charge in [0.2, 0.25) is 5.89 Å². The number of carbonyl (C=O) groups excluding carboxylic acids is 1. The molecule has 0 aliphatic carbocycles. The molecule has 128 valence electrons. The largest absolute Gasteiger partial charge is 0.363 e. The number of aryl methyl sites for hydroxylation is 1. The number of likely N-dealkylation sites (tertiary alicyclic amines) is 1. The summed E-state index contributed by atoms with van der Waals surface area (Å²) >= 11 is 0. The van der Waals surface area contributed by atoms with Gasteiger partial charge in [-0.05, 0) is 49.8 Å². The van der Waals surface area contributed by atoms with E-state index in [0.29, 0.717) is 18.4 Å². The Morgan fingerprint density at radius 1 is 1.42 bits per heavy atom. The Bertz CT molecular complexity index is 703. The summed E-state index contributed by atoms with van der Waals surface area (Å²) in [6, 6.07) is 6.94. The average molecular weight is 332 g/mol. The van der Waals surface area contributed by atoms with Gasteiger partial charge >= 0.3 is 0 Å². The number of nitrogens with zero attached hydrogens (tertiary/aromatic N) is 3. The van der Waals surface area contributed by atoms with Gasteiger partial charge in [0, 0.05) is 6.54 Å². The molecule has 7 heteroatoms. The van der Waals surface area contributed by atoms with Gasteiger partial charge in [0.15, 0.2) is 0 Å². The molecule has 1 fully saturated rings. The van der Waals surface area contributed by atoms with Crippen molar-refractivity contribution in [3.63, 3.8) is 0 Å². The van der Waals surface area contributed by atoms with Gasteiger partial charge < -0.3 is 10.3 Å². The molecule has 1 aliphatic rings. The van der Waals surface area contributed by atoms with Crippen molar-refractivity contribution >= 4 is 5.91 Å². The lowest BCUT2D eigenvalue weighted by atomic mass is 9.91. The fraction of sp³-hybridized carbons (Fsp3) is 0.471. The number of halogens is 1. The standard InChI is InChI=1S/C17H21FN4O2/c18-14-6-2-1-5-13(14)8-7-12-4-3-9-22(10-12)11-15-20-17(16(19)23)21-24-15/h1-2,5-6,12H,3-4,7-11H2,(H2,19,23)/t12-/m1/s1. The summed E-state index contributed by atoms with van der Waals surface area (Å²) in [7, 11) is 0. The van der Waals surface area contributed by atoms with Gasteiger partial charge in [-0.3, -0.25) is 9.69 Å². The van der Waals surface area contributed by atoms with Crippen LogP contribution in [0.5, 0.6) is 0 Å². The maximum absolute atomic E-state index is 13.7. The summed E-state index contributed by atoms with van der Waals surface area (Å²) < 4.78 is 18.8. The molecule has 1 aromatic carbocycles. The van der Waals surface area contributed by atoms with Gasteiger partial charge in [0.05, 0.1) is 6.54 Å². The van der Waals surface area contributed by atoms with E-state index < -0.39 is 5.91 Å². The molecule has 0 saturated carbocycles. The zero-order chi connectivity index (χ0) is 16.9. The van der Waals surface area contributed by atoms with Crippen LogP contribution in [0.2, 0.25) is 0 Å². The second-order valence-electron chi connectivity index (χ2n) is 6.25. The van der Waals surface area contributed by atoms with Crippen LogP contribution in [0.15, 0.2) is 28.8 Å². The number of benzene rings is 1. The normalized spacial score (nSPS) is 18.6. The van der Waals surface area contributed by atoms with Gasteiger partial charge in [-0.15, -0.1) is 0 Å². The number of amides is 1. The van der Waals surface area contributed by atoms with Crippen LogP contribution in [0, 0.1) is 11.7 Å². The molecule has 1 aromatic heterocycles. The highest BCUT2D eigenvalue weighted by Crippen LogP contribution is 2.23. The molecule has 3 rings (SSSR count). The molecule has 0 unspecified atom stereocenters. The molecule has 2 heterocycles. The predicted octanol–water partition coefficient (Wildman–Crippen LogP) is 2.15. The average Bonchev–Trinajstić information content (AvgIpc) is 3.03. The third kappa shape index (κ3) is 4.17. The first kappa shape index (κ1) is 16.6. The summed E-state index contributed by atoms with van der Waals surface area (Å²) in [6.45, 7) is 2.36. The van der Waals surface area contributed by atoms with Crippen LogP contribution in [0.25, 0.3) is 0 Å². The summed E-state index contributed by atoms with van der Waals surface area (Å²) in [5.41, 5.74) is 5.90.